The van der Waals surface area contributed by atoms with Crippen molar-refractivity contribution in [2.45, 2.75) is 63.7 Å². The standard InChI is InChI=1S/C17H27N4O8P/c1-4-5-8-26-14(22)10(2)20-30(25)27-9-11-13(29-30)17(3,24)15(28-11)21-7-6-12(18)19-16(21)23/h6-7,10-11,13,15,24H,4-5,8-9H2,1-3H3,(H,20,25)(H2,18,19,23)/t10-,11+,13+,15+,17+,30?/m0/s1. The highest BCUT2D eigenvalue weighted by Gasteiger charge is 2.60. The summed E-state index contributed by atoms with van der Waals surface area (Å²) in [7, 11) is -3.96. The summed E-state index contributed by atoms with van der Waals surface area (Å²) in [5.41, 5.74) is 3.03. The van der Waals surface area contributed by atoms with Crippen molar-refractivity contribution in [1.29, 1.82) is 0 Å². The zero-order chi connectivity index (χ0) is 22.1. The van der Waals surface area contributed by atoms with Crippen molar-refractivity contribution in [3.63, 3.8) is 0 Å². The van der Waals surface area contributed by atoms with Crippen LogP contribution in [0.5, 0.6) is 0 Å². The van der Waals surface area contributed by atoms with Gasteiger partial charge < -0.3 is 20.3 Å². The van der Waals surface area contributed by atoms with Crippen molar-refractivity contribution in [2.75, 3.05) is 18.9 Å². The number of rotatable bonds is 7. The second-order valence-corrected chi connectivity index (χ2v) is 9.21. The number of aromatic nitrogens is 2. The maximum absolute atomic E-state index is 13.0. The van der Waals surface area contributed by atoms with Crippen molar-refractivity contribution >= 4 is 19.5 Å². The number of carbonyl (C=O) groups is 1. The van der Waals surface area contributed by atoms with Crippen LogP contribution in [0.3, 0.4) is 0 Å². The molecule has 1 unspecified atom stereocenters. The summed E-state index contributed by atoms with van der Waals surface area (Å²) >= 11 is 0. The molecule has 168 valence electrons. The number of aliphatic hydroxyl groups is 1. The van der Waals surface area contributed by atoms with E-state index in [1.54, 1.807) is 0 Å². The van der Waals surface area contributed by atoms with E-state index in [-0.39, 0.29) is 19.0 Å². The van der Waals surface area contributed by atoms with Gasteiger partial charge in [0.2, 0.25) is 0 Å². The summed E-state index contributed by atoms with van der Waals surface area (Å²) in [5.74, 6) is -0.570. The van der Waals surface area contributed by atoms with Gasteiger partial charge in [-0.2, -0.15) is 4.98 Å². The van der Waals surface area contributed by atoms with Crippen LogP contribution in [0.2, 0.25) is 0 Å². The van der Waals surface area contributed by atoms with Crippen molar-refractivity contribution in [3.8, 4) is 0 Å². The molecular formula is C17H27N4O8P. The number of esters is 1. The molecule has 13 heteroatoms. The zero-order valence-electron chi connectivity index (χ0n) is 17.0. The number of carbonyl (C=O) groups excluding carboxylic acids is 1. The number of nitrogens with zero attached hydrogens (tertiary/aromatic N) is 2. The Morgan fingerprint density at radius 2 is 2.33 bits per heavy atom. The van der Waals surface area contributed by atoms with E-state index in [0.717, 1.165) is 11.0 Å². The third-order valence-corrected chi connectivity index (χ3v) is 6.63. The SMILES string of the molecule is CCCCOC(=O)[C@H](C)NP1(=O)OC[C@H]2O[C@@H](n3ccc(N)nc3=O)[C@](C)(O)[C@@H]2O1. The average Bonchev–Trinajstić information content (AvgIpc) is 2.92. The van der Waals surface area contributed by atoms with Gasteiger partial charge in [-0.3, -0.25) is 18.4 Å². The van der Waals surface area contributed by atoms with Crippen LogP contribution in [0.15, 0.2) is 17.1 Å². The molecule has 6 atom stereocenters. The number of unbranched alkanes of at least 4 members (excludes halogenated alkanes) is 1. The van der Waals surface area contributed by atoms with E-state index in [2.05, 4.69) is 10.1 Å². The van der Waals surface area contributed by atoms with E-state index < -0.39 is 49.5 Å². The second kappa shape index (κ2) is 8.74. The van der Waals surface area contributed by atoms with E-state index in [1.807, 2.05) is 6.92 Å². The molecule has 3 rings (SSSR count). The fourth-order valence-electron chi connectivity index (χ4n) is 3.30. The van der Waals surface area contributed by atoms with Crippen LogP contribution in [0, 0.1) is 0 Å². The molecule has 0 radical (unpaired) electrons. The molecule has 0 bridgehead atoms. The topological polar surface area (TPSA) is 164 Å². The Bertz CT molecular complexity index is 891. The van der Waals surface area contributed by atoms with E-state index in [0.29, 0.717) is 6.42 Å². The maximum Gasteiger partial charge on any atom is 0.406 e. The number of anilines is 1. The lowest BCUT2D eigenvalue weighted by Crippen LogP contribution is -2.50. The number of hydrogen-bond acceptors (Lipinski definition) is 10. The number of nitrogen functional groups attached to an aromatic ring is 1. The second-order valence-electron chi connectivity index (χ2n) is 7.49. The third-order valence-electron chi connectivity index (χ3n) is 4.93. The van der Waals surface area contributed by atoms with Crippen molar-refractivity contribution < 1.29 is 33.0 Å². The first-order chi connectivity index (χ1) is 14.1. The molecule has 2 fully saturated rings. The number of nitrogens with two attached hydrogens (primary N) is 1. The predicted octanol–water partition coefficient (Wildman–Crippen LogP) is 0.319. The first-order valence-electron chi connectivity index (χ1n) is 9.67. The molecule has 0 aliphatic carbocycles. The fourth-order valence-corrected chi connectivity index (χ4v) is 5.06. The van der Waals surface area contributed by atoms with Crippen molar-refractivity contribution in [2.24, 2.45) is 0 Å². The van der Waals surface area contributed by atoms with E-state index in [9.17, 15) is 19.3 Å². The molecule has 2 aliphatic heterocycles. The Hall–Kier alpha value is -1.82. The maximum atomic E-state index is 13.0. The fraction of sp³-hybridized carbons (Fsp3) is 0.706. The lowest BCUT2D eigenvalue weighted by atomic mass is 9.96. The van der Waals surface area contributed by atoms with Gasteiger partial charge in [0.15, 0.2) is 6.23 Å². The molecular weight excluding hydrogens is 419 g/mol. The lowest BCUT2D eigenvalue weighted by molar-refractivity contribution is -0.145. The van der Waals surface area contributed by atoms with Gasteiger partial charge >= 0.3 is 19.4 Å². The highest BCUT2D eigenvalue weighted by molar-refractivity contribution is 7.51. The number of nitrogens with one attached hydrogen (secondary N) is 1. The predicted molar refractivity (Wildman–Crippen MR) is 104 cm³/mol. The van der Waals surface area contributed by atoms with Crippen LogP contribution in [-0.2, 0) is 27.9 Å². The van der Waals surface area contributed by atoms with Crippen LogP contribution in [0.1, 0.15) is 39.8 Å². The van der Waals surface area contributed by atoms with Crippen LogP contribution >= 0.6 is 7.75 Å². The highest BCUT2D eigenvalue weighted by Crippen LogP contribution is 2.55. The Kier molecular flexibility index (Phi) is 6.66. The van der Waals surface area contributed by atoms with Gasteiger partial charge in [-0.05, 0) is 26.3 Å². The zero-order valence-corrected chi connectivity index (χ0v) is 17.9. The lowest BCUT2D eigenvalue weighted by Gasteiger charge is -2.36. The Balaban J connectivity index is 1.72. The third kappa shape index (κ3) is 4.58. The van der Waals surface area contributed by atoms with Gasteiger partial charge in [-0.25, -0.2) is 14.4 Å². The summed E-state index contributed by atoms with van der Waals surface area (Å²) in [6.45, 7) is 4.90. The van der Waals surface area contributed by atoms with Gasteiger partial charge in [0.05, 0.1) is 13.2 Å². The first-order valence-corrected chi connectivity index (χ1v) is 11.2. The molecule has 1 aromatic rings. The Morgan fingerprint density at radius 1 is 1.60 bits per heavy atom. The highest BCUT2D eigenvalue weighted by atomic mass is 31.2. The molecule has 0 amide bonds. The van der Waals surface area contributed by atoms with Gasteiger partial charge in [-0.1, -0.05) is 13.3 Å². The smallest absolute Gasteiger partial charge is 0.406 e. The molecule has 1 aromatic heterocycles. The van der Waals surface area contributed by atoms with Crippen LogP contribution in [-0.4, -0.2) is 57.7 Å². The van der Waals surface area contributed by atoms with Gasteiger partial charge in [-0.15, -0.1) is 0 Å². The first kappa shape index (κ1) is 22.9. The summed E-state index contributed by atoms with van der Waals surface area (Å²) in [6, 6.07) is 0.426. The summed E-state index contributed by atoms with van der Waals surface area (Å²) in [6.07, 6.45) is -0.138. The molecule has 4 N–H and O–H groups in total. The van der Waals surface area contributed by atoms with Gasteiger partial charge in [0, 0.05) is 6.20 Å². The molecule has 0 aromatic carbocycles. The van der Waals surface area contributed by atoms with Gasteiger partial charge in [0.25, 0.3) is 0 Å². The summed E-state index contributed by atoms with van der Waals surface area (Å²) in [4.78, 5) is 27.8. The van der Waals surface area contributed by atoms with Crippen LogP contribution in [0.4, 0.5) is 5.82 Å². The molecule has 0 spiro atoms. The quantitative estimate of drug-likeness (QED) is 0.300. The number of ether oxygens (including phenoxy) is 2. The normalized spacial score (nSPS) is 34.3. The molecule has 12 nitrogen and oxygen atoms in total. The average molecular weight is 446 g/mol. The Morgan fingerprint density at radius 3 is 3.00 bits per heavy atom. The van der Waals surface area contributed by atoms with Crippen molar-refractivity contribution in [1.82, 2.24) is 14.6 Å². The molecule has 3 heterocycles. The Labute approximate surface area is 173 Å². The summed E-state index contributed by atoms with van der Waals surface area (Å²) in [5, 5.41) is 13.6. The molecule has 0 saturated carbocycles. The number of fused-ring (bicyclic) bond motifs is 1. The number of hydrogen-bond donors (Lipinski definition) is 3. The van der Waals surface area contributed by atoms with E-state index in [1.165, 1.54) is 26.1 Å². The van der Waals surface area contributed by atoms with Gasteiger partial charge in [0.1, 0.15) is 29.7 Å². The van der Waals surface area contributed by atoms with E-state index in [4.69, 9.17) is 24.3 Å². The molecule has 30 heavy (non-hydrogen) atoms. The van der Waals surface area contributed by atoms with Crippen LogP contribution in [0.25, 0.3) is 0 Å². The monoisotopic (exact) mass is 446 g/mol. The minimum Gasteiger partial charge on any atom is -0.465 e. The molecule has 2 saturated heterocycles. The molecule has 2 aliphatic rings. The largest absolute Gasteiger partial charge is 0.465 e. The van der Waals surface area contributed by atoms with Crippen LogP contribution < -0.4 is 16.5 Å². The summed E-state index contributed by atoms with van der Waals surface area (Å²) < 4.78 is 35.8. The minimum atomic E-state index is -3.96. The minimum absolute atomic E-state index is 0.0272. The van der Waals surface area contributed by atoms with E-state index >= 15 is 0 Å². The van der Waals surface area contributed by atoms with Crippen molar-refractivity contribution in [3.05, 3.63) is 22.7 Å².